The molecule has 0 aliphatic rings. The highest BCUT2D eigenvalue weighted by Crippen LogP contribution is 2.29. The molecule has 2 aromatic carbocycles. The van der Waals surface area contributed by atoms with E-state index in [9.17, 15) is 4.39 Å². The van der Waals surface area contributed by atoms with Crippen LogP contribution in [0, 0.1) is 19.7 Å². The van der Waals surface area contributed by atoms with Crippen molar-refractivity contribution in [3.8, 4) is 11.1 Å². The zero-order valence-corrected chi connectivity index (χ0v) is 13.3. The Morgan fingerprint density at radius 1 is 1.05 bits per heavy atom. The zero-order valence-electron chi connectivity index (χ0n) is 13.3. The van der Waals surface area contributed by atoms with E-state index in [0.717, 1.165) is 29.7 Å². The SMILES string of the molecule is CCCNC(C)c1ccc(F)c(-c2ccc(C)cc2C)c1. The van der Waals surface area contributed by atoms with Crippen molar-refractivity contribution in [3.05, 3.63) is 58.9 Å². The van der Waals surface area contributed by atoms with Gasteiger partial charge in [0.25, 0.3) is 0 Å². The van der Waals surface area contributed by atoms with Crippen molar-refractivity contribution in [1.29, 1.82) is 0 Å². The molecule has 1 unspecified atom stereocenters. The van der Waals surface area contributed by atoms with Crippen LogP contribution in [0.3, 0.4) is 0 Å². The Hall–Kier alpha value is -1.67. The fourth-order valence-corrected chi connectivity index (χ4v) is 2.61. The van der Waals surface area contributed by atoms with E-state index < -0.39 is 0 Å². The third kappa shape index (κ3) is 3.70. The molecule has 0 amide bonds. The summed E-state index contributed by atoms with van der Waals surface area (Å²) < 4.78 is 14.2. The van der Waals surface area contributed by atoms with Gasteiger partial charge in [0, 0.05) is 11.6 Å². The molecule has 0 radical (unpaired) electrons. The Balaban J connectivity index is 2.39. The summed E-state index contributed by atoms with van der Waals surface area (Å²) >= 11 is 0. The van der Waals surface area contributed by atoms with E-state index in [1.54, 1.807) is 6.07 Å². The summed E-state index contributed by atoms with van der Waals surface area (Å²) in [6.45, 7) is 9.32. The molecule has 0 aliphatic heterocycles. The van der Waals surface area contributed by atoms with Gasteiger partial charge in [-0.25, -0.2) is 4.39 Å². The first-order valence-corrected chi connectivity index (χ1v) is 7.63. The fourth-order valence-electron chi connectivity index (χ4n) is 2.61. The van der Waals surface area contributed by atoms with Gasteiger partial charge >= 0.3 is 0 Å². The van der Waals surface area contributed by atoms with Crippen LogP contribution in [-0.4, -0.2) is 6.54 Å². The Kier molecular flexibility index (Phi) is 5.13. The smallest absolute Gasteiger partial charge is 0.131 e. The van der Waals surface area contributed by atoms with Crippen LogP contribution in [0.2, 0.25) is 0 Å². The van der Waals surface area contributed by atoms with E-state index in [0.29, 0.717) is 5.56 Å². The van der Waals surface area contributed by atoms with Crippen molar-refractivity contribution < 1.29 is 4.39 Å². The Morgan fingerprint density at radius 3 is 2.48 bits per heavy atom. The lowest BCUT2D eigenvalue weighted by Gasteiger charge is -2.16. The summed E-state index contributed by atoms with van der Waals surface area (Å²) in [5.74, 6) is -0.159. The van der Waals surface area contributed by atoms with Gasteiger partial charge in [0.1, 0.15) is 5.82 Å². The Bertz CT molecular complexity index is 619. The third-order valence-corrected chi connectivity index (χ3v) is 3.86. The molecule has 1 N–H and O–H groups in total. The topological polar surface area (TPSA) is 12.0 Å². The van der Waals surface area contributed by atoms with Crippen LogP contribution in [0.1, 0.15) is 43.0 Å². The van der Waals surface area contributed by atoms with Gasteiger partial charge in [0.2, 0.25) is 0 Å². The minimum Gasteiger partial charge on any atom is -0.310 e. The monoisotopic (exact) mass is 285 g/mol. The summed E-state index contributed by atoms with van der Waals surface area (Å²) in [7, 11) is 0. The van der Waals surface area contributed by atoms with Crippen molar-refractivity contribution >= 4 is 0 Å². The van der Waals surface area contributed by atoms with Crippen LogP contribution in [0.25, 0.3) is 11.1 Å². The summed E-state index contributed by atoms with van der Waals surface area (Å²) in [6, 6.07) is 11.8. The second kappa shape index (κ2) is 6.86. The van der Waals surface area contributed by atoms with Crippen LogP contribution in [0.4, 0.5) is 4.39 Å². The minimum absolute atomic E-state index is 0.159. The van der Waals surface area contributed by atoms with Gasteiger partial charge < -0.3 is 5.32 Å². The van der Waals surface area contributed by atoms with Crippen LogP contribution in [0.5, 0.6) is 0 Å². The normalized spacial score (nSPS) is 12.4. The number of halogens is 1. The Labute approximate surface area is 127 Å². The van der Waals surface area contributed by atoms with Crippen molar-refractivity contribution in [2.45, 2.75) is 40.2 Å². The number of aryl methyl sites for hydroxylation is 2. The van der Waals surface area contributed by atoms with Gasteiger partial charge in [-0.15, -0.1) is 0 Å². The lowest BCUT2D eigenvalue weighted by atomic mass is 9.95. The average Bonchev–Trinajstić information content (AvgIpc) is 2.46. The van der Waals surface area contributed by atoms with Gasteiger partial charge in [-0.1, -0.05) is 36.8 Å². The summed E-state index contributed by atoms with van der Waals surface area (Å²) in [5.41, 5.74) is 5.10. The maximum Gasteiger partial charge on any atom is 0.131 e. The van der Waals surface area contributed by atoms with E-state index in [1.807, 2.05) is 31.2 Å². The second-order valence-electron chi connectivity index (χ2n) is 5.73. The predicted octanol–water partition coefficient (Wildman–Crippen LogP) is 5.17. The number of rotatable bonds is 5. The largest absolute Gasteiger partial charge is 0.310 e. The average molecular weight is 285 g/mol. The molecule has 0 saturated carbocycles. The highest BCUT2D eigenvalue weighted by Gasteiger charge is 2.12. The van der Waals surface area contributed by atoms with E-state index in [4.69, 9.17) is 0 Å². The van der Waals surface area contributed by atoms with Crippen molar-refractivity contribution in [1.82, 2.24) is 5.32 Å². The molecule has 1 atom stereocenters. The lowest BCUT2D eigenvalue weighted by molar-refractivity contribution is 0.568. The summed E-state index contributed by atoms with van der Waals surface area (Å²) in [5, 5.41) is 3.45. The first-order valence-electron chi connectivity index (χ1n) is 7.63. The number of nitrogens with one attached hydrogen (secondary N) is 1. The van der Waals surface area contributed by atoms with Crippen molar-refractivity contribution in [3.63, 3.8) is 0 Å². The minimum atomic E-state index is -0.159. The maximum absolute atomic E-state index is 14.2. The molecule has 0 saturated heterocycles. The molecule has 2 heteroatoms. The quantitative estimate of drug-likeness (QED) is 0.799. The van der Waals surface area contributed by atoms with Gasteiger partial charge in [-0.05, 0) is 62.6 Å². The molecule has 0 heterocycles. The van der Waals surface area contributed by atoms with Crippen LogP contribution >= 0.6 is 0 Å². The molecule has 21 heavy (non-hydrogen) atoms. The summed E-state index contributed by atoms with van der Waals surface area (Å²) in [4.78, 5) is 0. The van der Waals surface area contributed by atoms with E-state index in [1.165, 1.54) is 5.56 Å². The van der Waals surface area contributed by atoms with Gasteiger partial charge in [0.15, 0.2) is 0 Å². The molecule has 1 nitrogen and oxygen atoms in total. The maximum atomic E-state index is 14.2. The standard InChI is InChI=1S/C19H24FN/c1-5-10-21-15(4)16-7-9-19(20)18(12-16)17-8-6-13(2)11-14(17)3/h6-9,11-12,15,21H,5,10H2,1-4H3. The van der Waals surface area contributed by atoms with Crippen LogP contribution in [0.15, 0.2) is 36.4 Å². The third-order valence-electron chi connectivity index (χ3n) is 3.86. The second-order valence-corrected chi connectivity index (χ2v) is 5.73. The number of benzene rings is 2. The first kappa shape index (κ1) is 15.7. The molecular weight excluding hydrogens is 261 g/mol. The fraction of sp³-hybridized carbons (Fsp3) is 0.368. The zero-order chi connectivity index (χ0) is 15.4. The molecule has 0 aromatic heterocycles. The highest BCUT2D eigenvalue weighted by atomic mass is 19.1. The highest BCUT2D eigenvalue weighted by molar-refractivity contribution is 5.69. The molecule has 0 aliphatic carbocycles. The van der Waals surface area contributed by atoms with E-state index in [2.05, 4.69) is 32.2 Å². The Morgan fingerprint density at radius 2 is 1.81 bits per heavy atom. The molecule has 0 spiro atoms. The predicted molar refractivity (Wildman–Crippen MR) is 88.0 cm³/mol. The van der Waals surface area contributed by atoms with Gasteiger partial charge in [-0.3, -0.25) is 0 Å². The molecular formula is C19H24FN. The molecule has 0 fully saturated rings. The molecule has 2 aromatic rings. The lowest BCUT2D eigenvalue weighted by Crippen LogP contribution is -2.19. The summed E-state index contributed by atoms with van der Waals surface area (Å²) in [6.07, 6.45) is 1.09. The van der Waals surface area contributed by atoms with Crippen molar-refractivity contribution in [2.24, 2.45) is 0 Å². The van der Waals surface area contributed by atoms with Gasteiger partial charge in [0.05, 0.1) is 0 Å². The molecule has 112 valence electrons. The van der Waals surface area contributed by atoms with E-state index in [-0.39, 0.29) is 11.9 Å². The molecule has 0 bridgehead atoms. The number of hydrogen-bond acceptors (Lipinski definition) is 1. The van der Waals surface area contributed by atoms with E-state index >= 15 is 0 Å². The van der Waals surface area contributed by atoms with Crippen molar-refractivity contribution in [2.75, 3.05) is 6.54 Å². The van der Waals surface area contributed by atoms with Crippen LogP contribution in [-0.2, 0) is 0 Å². The number of hydrogen-bond donors (Lipinski definition) is 1. The van der Waals surface area contributed by atoms with Gasteiger partial charge in [-0.2, -0.15) is 0 Å². The molecule has 2 rings (SSSR count). The van der Waals surface area contributed by atoms with Crippen LogP contribution < -0.4 is 5.32 Å². The first-order chi connectivity index (χ1) is 10.0.